The summed E-state index contributed by atoms with van der Waals surface area (Å²) in [4.78, 5) is 0. The van der Waals surface area contributed by atoms with Crippen LogP contribution in [0.2, 0.25) is 0 Å². The molecule has 0 atom stereocenters. The van der Waals surface area contributed by atoms with Gasteiger partial charge in [-0.2, -0.15) is 5.10 Å². The van der Waals surface area contributed by atoms with Crippen LogP contribution in [0.4, 0.5) is 0 Å². The second-order valence-corrected chi connectivity index (χ2v) is 5.37. The summed E-state index contributed by atoms with van der Waals surface area (Å²) in [6, 6.07) is 14.7. The quantitative estimate of drug-likeness (QED) is 0.801. The molecule has 0 aliphatic carbocycles. The van der Waals surface area contributed by atoms with Crippen LogP contribution >= 0.6 is 15.9 Å². The normalized spacial score (nSPS) is 11.1. The Balaban J connectivity index is 2.02. The van der Waals surface area contributed by atoms with Gasteiger partial charge in [-0.1, -0.05) is 28.1 Å². The molecule has 2 aromatic carbocycles. The molecule has 1 aromatic heterocycles. The fraction of sp³-hybridized carbons (Fsp3) is 0.133. The summed E-state index contributed by atoms with van der Waals surface area (Å²) in [6.45, 7) is 0.785. The van der Waals surface area contributed by atoms with Gasteiger partial charge in [-0.05, 0) is 48.2 Å². The number of benzene rings is 2. The van der Waals surface area contributed by atoms with Crippen molar-refractivity contribution in [3.63, 3.8) is 0 Å². The molecule has 96 valence electrons. The third-order valence-corrected chi connectivity index (χ3v) is 3.55. The van der Waals surface area contributed by atoms with Gasteiger partial charge in [0.1, 0.15) is 0 Å². The van der Waals surface area contributed by atoms with E-state index < -0.39 is 0 Å². The first-order chi connectivity index (χ1) is 9.26. The molecule has 0 saturated carbocycles. The van der Waals surface area contributed by atoms with Crippen LogP contribution in [0.1, 0.15) is 5.69 Å². The summed E-state index contributed by atoms with van der Waals surface area (Å²) in [5, 5.41) is 10.1. The van der Waals surface area contributed by atoms with Gasteiger partial charge in [0.05, 0.1) is 11.4 Å². The highest BCUT2D eigenvalue weighted by Crippen LogP contribution is 2.22. The fourth-order valence-electron chi connectivity index (χ4n) is 2.13. The zero-order valence-electron chi connectivity index (χ0n) is 10.6. The van der Waals surface area contributed by atoms with Crippen LogP contribution < -0.4 is 5.32 Å². The van der Waals surface area contributed by atoms with Crippen molar-refractivity contribution in [2.24, 2.45) is 0 Å². The molecule has 3 rings (SSSR count). The van der Waals surface area contributed by atoms with Gasteiger partial charge >= 0.3 is 0 Å². The van der Waals surface area contributed by atoms with Gasteiger partial charge in [0.2, 0.25) is 0 Å². The van der Waals surface area contributed by atoms with Crippen molar-refractivity contribution in [3.05, 3.63) is 58.8 Å². The largest absolute Gasteiger partial charge is 0.314 e. The monoisotopic (exact) mass is 315 g/mol. The standard InChI is InChI=1S/C15H14BrN3/c1-17-10-14-6-7-19(18-14)15-5-3-11-8-13(16)4-2-12(11)9-15/h2-9,17H,10H2,1H3. The topological polar surface area (TPSA) is 29.9 Å². The maximum absolute atomic E-state index is 4.54. The first kappa shape index (κ1) is 12.4. The van der Waals surface area contributed by atoms with Crippen LogP contribution in [0, 0.1) is 0 Å². The first-order valence-electron chi connectivity index (χ1n) is 6.15. The van der Waals surface area contributed by atoms with Crippen LogP contribution in [0.5, 0.6) is 0 Å². The van der Waals surface area contributed by atoms with Gasteiger partial charge in [-0.3, -0.25) is 0 Å². The summed E-state index contributed by atoms with van der Waals surface area (Å²) in [5.74, 6) is 0. The van der Waals surface area contributed by atoms with Crippen molar-refractivity contribution in [2.45, 2.75) is 6.54 Å². The zero-order chi connectivity index (χ0) is 13.2. The van der Waals surface area contributed by atoms with Gasteiger partial charge in [0.25, 0.3) is 0 Å². The average molecular weight is 316 g/mol. The van der Waals surface area contributed by atoms with E-state index in [2.05, 4.69) is 62.7 Å². The van der Waals surface area contributed by atoms with Crippen LogP contribution in [-0.2, 0) is 6.54 Å². The van der Waals surface area contributed by atoms with Crippen molar-refractivity contribution >= 4 is 26.7 Å². The van der Waals surface area contributed by atoms with Crippen LogP contribution in [-0.4, -0.2) is 16.8 Å². The highest BCUT2D eigenvalue weighted by atomic mass is 79.9. The van der Waals surface area contributed by atoms with E-state index in [1.54, 1.807) is 0 Å². The molecule has 0 spiro atoms. The van der Waals surface area contributed by atoms with E-state index in [0.29, 0.717) is 0 Å². The van der Waals surface area contributed by atoms with Gasteiger partial charge in [-0.15, -0.1) is 0 Å². The second-order valence-electron chi connectivity index (χ2n) is 4.46. The number of rotatable bonds is 3. The lowest BCUT2D eigenvalue weighted by Crippen LogP contribution is -2.06. The SMILES string of the molecule is CNCc1ccn(-c2ccc3cc(Br)ccc3c2)n1. The minimum absolute atomic E-state index is 0.785. The molecule has 0 amide bonds. The Kier molecular flexibility index (Phi) is 3.36. The summed E-state index contributed by atoms with van der Waals surface area (Å²) < 4.78 is 3.01. The predicted octanol–water partition coefficient (Wildman–Crippen LogP) is 3.51. The van der Waals surface area contributed by atoms with Crippen molar-refractivity contribution in [1.29, 1.82) is 0 Å². The van der Waals surface area contributed by atoms with E-state index >= 15 is 0 Å². The van der Waals surface area contributed by atoms with Crippen molar-refractivity contribution in [1.82, 2.24) is 15.1 Å². The van der Waals surface area contributed by atoms with E-state index in [9.17, 15) is 0 Å². The molecule has 0 saturated heterocycles. The van der Waals surface area contributed by atoms with E-state index in [-0.39, 0.29) is 0 Å². The molecule has 19 heavy (non-hydrogen) atoms. The highest BCUT2D eigenvalue weighted by Gasteiger charge is 2.02. The third-order valence-electron chi connectivity index (χ3n) is 3.05. The number of halogens is 1. The summed E-state index contributed by atoms with van der Waals surface area (Å²) >= 11 is 3.49. The van der Waals surface area contributed by atoms with E-state index in [0.717, 1.165) is 22.4 Å². The maximum Gasteiger partial charge on any atom is 0.0766 e. The number of aromatic nitrogens is 2. The molecular weight excluding hydrogens is 302 g/mol. The molecule has 0 fully saturated rings. The lowest BCUT2D eigenvalue weighted by atomic mass is 10.1. The Morgan fingerprint density at radius 2 is 1.89 bits per heavy atom. The molecule has 0 aliphatic rings. The van der Waals surface area contributed by atoms with E-state index in [1.807, 2.05) is 24.0 Å². The average Bonchev–Trinajstić information content (AvgIpc) is 2.87. The molecule has 1 heterocycles. The molecule has 0 aliphatic heterocycles. The minimum Gasteiger partial charge on any atom is -0.314 e. The predicted molar refractivity (Wildman–Crippen MR) is 81.5 cm³/mol. The molecule has 0 radical (unpaired) electrons. The lowest BCUT2D eigenvalue weighted by Gasteiger charge is -2.04. The van der Waals surface area contributed by atoms with E-state index in [1.165, 1.54) is 10.8 Å². The number of nitrogens with zero attached hydrogens (tertiary/aromatic N) is 2. The van der Waals surface area contributed by atoms with Crippen molar-refractivity contribution < 1.29 is 0 Å². The molecule has 3 aromatic rings. The molecule has 0 unspecified atom stereocenters. The zero-order valence-corrected chi connectivity index (χ0v) is 12.2. The van der Waals surface area contributed by atoms with Gasteiger partial charge < -0.3 is 5.32 Å². The highest BCUT2D eigenvalue weighted by molar-refractivity contribution is 9.10. The van der Waals surface area contributed by atoms with Gasteiger partial charge in [-0.25, -0.2) is 4.68 Å². The number of hydrogen-bond acceptors (Lipinski definition) is 2. The molecule has 4 heteroatoms. The molecule has 1 N–H and O–H groups in total. The van der Waals surface area contributed by atoms with Crippen LogP contribution in [0.15, 0.2) is 53.1 Å². The number of nitrogens with one attached hydrogen (secondary N) is 1. The third kappa shape index (κ3) is 2.55. The summed E-state index contributed by atoms with van der Waals surface area (Å²) in [7, 11) is 1.92. The molecule has 3 nitrogen and oxygen atoms in total. The maximum atomic E-state index is 4.54. The Bertz CT molecular complexity index is 718. The lowest BCUT2D eigenvalue weighted by molar-refractivity contribution is 0.757. The Morgan fingerprint density at radius 1 is 1.11 bits per heavy atom. The number of hydrogen-bond donors (Lipinski definition) is 1. The summed E-state index contributed by atoms with van der Waals surface area (Å²) in [6.07, 6.45) is 1.99. The Labute approximate surface area is 120 Å². The Morgan fingerprint density at radius 3 is 2.74 bits per heavy atom. The summed E-state index contributed by atoms with van der Waals surface area (Å²) in [5.41, 5.74) is 2.12. The van der Waals surface area contributed by atoms with Crippen LogP contribution in [0.25, 0.3) is 16.5 Å². The molecular formula is C15H14BrN3. The van der Waals surface area contributed by atoms with E-state index in [4.69, 9.17) is 0 Å². The van der Waals surface area contributed by atoms with Crippen LogP contribution in [0.3, 0.4) is 0 Å². The fourth-order valence-corrected chi connectivity index (χ4v) is 2.51. The van der Waals surface area contributed by atoms with Gasteiger partial charge in [0, 0.05) is 17.2 Å². The molecule has 0 bridgehead atoms. The first-order valence-corrected chi connectivity index (χ1v) is 6.94. The number of fused-ring (bicyclic) bond motifs is 1. The smallest absolute Gasteiger partial charge is 0.0766 e. The van der Waals surface area contributed by atoms with Crippen molar-refractivity contribution in [3.8, 4) is 5.69 Å². The van der Waals surface area contributed by atoms with Gasteiger partial charge in [0.15, 0.2) is 0 Å². The Hall–Kier alpha value is -1.65. The minimum atomic E-state index is 0.785. The second kappa shape index (κ2) is 5.15. The van der Waals surface area contributed by atoms with Crippen molar-refractivity contribution in [2.75, 3.05) is 7.05 Å².